The van der Waals surface area contributed by atoms with Gasteiger partial charge in [-0.2, -0.15) is 0 Å². The van der Waals surface area contributed by atoms with Gasteiger partial charge >= 0.3 is 0 Å². The van der Waals surface area contributed by atoms with Crippen LogP contribution in [-0.2, 0) is 9.47 Å². The van der Waals surface area contributed by atoms with Gasteiger partial charge in [0.1, 0.15) is 0 Å². The van der Waals surface area contributed by atoms with Gasteiger partial charge in [0.05, 0.1) is 13.2 Å². The van der Waals surface area contributed by atoms with Crippen LogP contribution in [0.1, 0.15) is 52.4 Å². The average Bonchev–Trinajstić information content (AvgIpc) is 2.28. The lowest BCUT2D eigenvalue weighted by Gasteiger charge is -2.05. The van der Waals surface area contributed by atoms with Gasteiger partial charge in [0.25, 0.3) is 0 Å². The van der Waals surface area contributed by atoms with Crippen molar-refractivity contribution in [2.75, 3.05) is 26.4 Å². The van der Waals surface area contributed by atoms with Gasteiger partial charge in [-0.15, -0.1) is 0 Å². The van der Waals surface area contributed by atoms with Gasteiger partial charge in [-0.25, -0.2) is 0 Å². The number of rotatable bonds is 5. The third-order valence-electron chi connectivity index (χ3n) is 2.28. The third-order valence-corrected chi connectivity index (χ3v) is 2.28. The molecule has 2 nitrogen and oxygen atoms in total. The van der Waals surface area contributed by atoms with Gasteiger partial charge in [-0.1, -0.05) is 38.5 Å². The van der Waals surface area contributed by atoms with E-state index in [0.29, 0.717) is 0 Å². The highest BCUT2D eigenvalue weighted by Crippen LogP contribution is 2.15. The van der Waals surface area contributed by atoms with E-state index in [4.69, 9.17) is 9.47 Å². The van der Waals surface area contributed by atoms with Crippen molar-refractivity contribution in [3.63, 3.8) is 0 Å². The van der Waals surface area contributed by atoms with E-state index < -0.39 is 0 Å². The first kappa shape index (κ1) is 13.9. The Morgan fingerprint density at radius 2 is 0.929 bits per heavy atom. The molecule has 14 heavy (non-hydrogen) atoms. The van der Waals surface area contributed by atoms with E-state index in [0.717, 1.165) is 26.4 Å². The Kier molecular flexibility index (Phi) is 12.8. The standard InChI is InChI=1S/C6H14O2.C6H12/c1-3-7-5-6-8-4-2;1-2-4-6-5-3-1/h3-6H2,1-2H3;1-6H2. The minimum Gasteiger partial charge on any atom is -0.379 e. The van der Waals surface area contributed by atoms with E-state index in [1.54, 1.807) is 0 Å². The van der Waals surface area contributed by atoms with Gasteiger partial charge in [0, 0.05) is 13.2 Å². The Hall–Kier alpha value is -0.0800. The zero-order valence-electron chi connectivity index (χ0n) is 9.89. The minimum atomic E-state index is 0.727. The SMILES string of the molecule is C1CCCCC1.CCOCCOCC. The van der Waals surface area contributed by atoms with Crippen LogP contribution in [0.5, 0.6) is 0 Å². The van der Waals surface area contributed by atoms with Crippen molar-refractivity contribution in [3.05, 3.63) is 0 Å². The Labute approximate surface area is 89.0 Å². The second kappa shape index (κ2) is 12.9. The van der Waals surface area contributed by atoms with Crippen LogP contribution < -0.4 is 0 Å². The third kappa shape index (κ3) is 11.9. The molecular weight excluding hydrogens is 176 g/mol. The van der Waals surface area contributed by atoms with Crippen molar-refractivity contribution >= 4 is 0 Å². The smallest absolute Gasteiger partial charge is 0.0700 e. The Bertz CT molecular complexity index is 72.8. The van der Waals surface area contributed by atoms with Crippen LogP contribution in [0.25, 0.3) is 0 Å². The van der Waals surface area contributed by atoms with Gasteiger partial charge in [0.15, 0.2) is 0 Å². The molecule has 0 spiro atoms. The molecular formula is C12H26O2. The van der Waals surface area contributed by atoms with E-state index in [1.165, 1.54) is 38.5 Å². The maximum atomic E-state index is 5.01. The van der Waals surface area contributed by atoms with Crippen molar-refractivity contribution in [2.45, 2.75) is 52.4 Å². The molecule has 1 saturated carbocycles. The summed E-state index contributed by atoms with van der Waals surface area (Å²) in [5.74, 6) is 0. The van der Waals surface area contributed by atoms with E-state index in [1.807, 2.05) is 13.8 Å². The lowest BCUT2D eigenvalue weighted by molar-refractivity contribution is 0.0584. The fraction of sp³-hybridized carbons (Fsp3) is 1.00. The molecule has 1 aliphatic carbocycles. The summed E-state index contributed by atoms with van der Waals surface area (Å²) < 4.78 is 10.0. The molecule has 0 bridgehead atoms. The summed E-state index contributed by atoms with van der Waals surface area (Å²) in [4.78, 5) is 0. The van der Waals surface area contributed by atoms with Crippen LogP contribution in [0, 0.1) is 0 Å². The van der Waals surface area contributed by atoms with Crippen LogP contribution >= 0.6 is 0 Å². The van der Waals surface area contributed by atoms with Crippen molar-refractivity contribution in [2.24, 2.45) is 0 Å². The topological polar surface area (TPSA) is 18.5 Å². The first-order valence-electron chi connectivity index (χ1n) is 6.07. The highest BCUT2D eigenvalue weighted by molar-refractivity contribution is 4.51. The van der Waals surface area contributed by atoms with Crippen molar-refractivity contribution < 1.29 is 9.47 Å². The van der Waals surface area contributed by atoms with Gasteiger partial charge in [-0.05, 0) is 13.8 Å². The fourth-order valence-corrected chi connectivity index (χ4v) is 1.47. The Morgan fingerprint density at radius 1 is 0.643 bits per heavy atom. The molecule has 0 saturated heterocycles. The average molecular weight is 202 g/mol. The normalized spacial score (nSPS) is 15.9. The van der Waals surface area contributed by atoms with E-state index in [2.05, 4.69) is 0 Å². The van der Waals surface area contributed by atoms with Crippen molar-refractivity contribution in [1.82, 2.24) is 0 Å². The minimum absolute atomic E-state index is 0.727. The molecule has 0 heterocycles. The number of hydrogen-bond donors (Lipinski definition) is 0. The molecule has 1 rings (SSSR count). The van der Waals surface area contributed by atoms with Gasteiger partial charge < -0.3 is 9.47 Å². The summed E-state index contributed by atoms with van der Waals surface area (Å²) in [6.45, 7) is 6.98. The quantitative estimate of drug-likeness (QED) is 0.636. The largest absolute Gasteiger partial charge is 0.379 e. The molecule has 0 radical (unpaired) electrons. The zero-order valence-corrected chi connectivity index (χ0v) is 9.89. The summed E-state index contributed by atoms with van der Waals surface area (Å²) in [5.41, 5.74) is 0. The second-order valence-corrected chi connectivity index (χ2v) is 3.52. The number of ether oxygens (including phenoxy) is 2. The summed E-state index contributed by atoms with van der Waals surface area (Å²) in [7, 11) is 0. The van der Waals surface area contributed by atoms with Crippen LogP contribution in [-0.4, -0.2) is 26.4 Å². The molecule has 0 aromatic heterocycles. The van der Waals surface area contributed by atoms with Gasteiger partial charge in [-0.3, -0.25) is 0 Å². The molecule has 1 aliphatic rings. The number of hydrogen-bond acceptors (Lipinski definition) is 2. The van der Waals surface area contributed by atoms with Crippen LogP contribution in [0.15, 0.2) is 0 Å². The van der Waals surface area contributed by atoms with Crippen molar-refractivity contribution in [3.8, 4) is 0 Å². The molecule has 2 heteroatoms. The Morgan fingerprint density at radius 3 is 1.14 bits per heavy atom. The van der Waals surface area contributed by atoms with E-state index in [9.17, 15) is 0 Å². The predicted octanol–water partition coefficient (Wildman–Crippen LogP) is 3.40. The summed E-state index contributed by atoms with van der Waals surface area (Å²) >= 11 is 0. The highest BCUT2D eigenvalue weighted by Gasteiger charge is 1.95. The van der Waals surface area contributed by atoms with Gasteiger partial charge in [0.2, 0.25) is 0 Å². The summed E-state index contributed by atoms with van der Waals surface area (Å²) in [5, 5.41) is 0. The maximum Gasteiger partial charge on any atom is 0.0700 e. The molecule has 0 unspecified atom stereocenters. The lowest BCUT2D eigenvalue weighted by atomic mass is 10.0. The second-order valence-electron chi connectivity index (χ2n) is 3.52. The molecule has 0 amide bonds. The molecule has 0 aliphatic heterocycles. The fourth-order valence-electron chi connectivity index (χ4n) is 1.47. The lowest BCUT2D eigenvalue weighted by Crippen LogP contribution is -2.02. The van der Waals surface area contributed by atoms with E-state index in [-0.39, 0.29) is 0 Å². The molecule has 0 atom stereocenters. The van der Waals surface area contributed by atoms with E-state index >= 15 is 0 Å². The summed E-state index contributed by atoms with van der Waals surface area (Å²) in [6.07, 6.45) is 9.00. The first-order chi connectivity index (χ1) is 6.91. The monoisotopic (exact) mass is 202 g/mol. The zero-order chi connectivity index (χ0) is 10.5. The maximum absolute atomic E-state index is 5.01. The highest BCUT2D eigenvalue weighted by atomic mass is 16.5. The molecule has 86 valence electrons. The predicted molar refractivity (Wildman–Crippen MR) is 60.7 cm³/mol. The molecule has 0 aromatic carbocycles. The molecule has 1 fully saturated rings. The first-order valence-corrected chi connectivity index (χ1v) is 6.07. The van der Waals surface area contributed by atoms with Crippen LogP contribution in [0.3, 0.4) is 0 Å². The summed E-state index contributed by atoms with van der Waals surface area (Å²) in [6, 6.07) is 0. The molecule has 0 aromatic rings. The van der Waals surface area contributed by atoms with Crippen LogP contribution in [0.4, 0.5) is 0 Å². The van der Waals surface area contributed by atoms with Crippen molar-refractivity contribution in [1.29, 1.82) is 0 Å². The Balaban J connectivity index is 0.000000249. The molecule has 0 N–H and O–H groups in total. The van der Waals surface area contributed by atoms with Crippen LogP contribution in [0.2, 0.25) is 0 Å².